The van der Waals surface area contributed by atoms with Crippen LogP contribution in [0, 0.1) is 0 Å². The fourth-order valence-electron chi connectivity index (χ4n) is 10.5. The van der Waals surface area contributed by atoms with Crippen molar-refractivity contribution < 1.29 is 0 Å². The lowest BCUT2D eigenvalue weighted by Gasteiger charge is -2.29. The average Bonchev–Trinajstić information content (AvgIpc) is 3.46. The van der Waals surface area contributed by atoms with E-state index in [2.05, 4.69) is 182 Å². The standard InChI is InChI=1S/C57H63N/c1-55(2,3)42-34-41(35-43(36-42)56(4,5)6)48-33-32-47(49-18-12-13-19-50(48)49)40-24-28-45(29-25-40)58(44-26-22-39(23-27-44)38-16-10-9-11-17-38)46-30-31-52-51-20-14-15-21-53(51)57(7,8)54(52)37-46/h14-15,20-38H,9-13,16-19H2,1-8H3. The van der Waals surface area contributed by atoms with Crippen LogP contribution in [0.15, 0.2) is 121 Å². The van der Waals surface area contributed by atoms with Crippen molar-refractivity contribution in [3.63, 3.8) is 0 Å². The van der Waals surface area contributed by atoms with Gasteiger partial charge in [0.25, 0.3) is 0 Å². The summed E-state index contributed by atoms with van der Waals surface area (Å²) in [5.74, 6) is 0.690. The van der Waals surface area contributed by atoms with Crippen LogP contribution < -0.4 is 4.90 Å². The molecule has 0 radical (unpaired) electrons. The molecule has 3 aliphatic carbocycles. The third-order valence-corrected chi connectivity index (χ3v) is 14.0. The van der Waals surface area contributed by atoms with Crippen molar-refractivity contribution >= 4 is 17.1 Å². The maximum Gasteiger partial charge on any atom is 0.0465 e. The molecule has 0 bridgehead atoms. The summed E-state index contributed by atoms with van der Waals surface area (Å²) in [5.41, 5.74) is 22.2. The molecule has 0 N–H and O–H groups in total. The van der Waals surface area contributed by atoms with Crippen LogP contribution in [-0.2, 0) is 29.1 Å². The van der Waals surface area contributed by atoms with Crippen molar-refractivity contribution in [2.75, 3.05) is 4.90 Å². The predicted octanol–water partition coefficient (Wildman–Crippen LogP) is 16.3. The van der Waals surface area contributed by atoms with Crippen LogP contribution in [0.25, 0.3) is 33.4 Å². The summed E-state index contributed by atoms with van der Waals surface area (Å²) in [5, 5.41) is 0. The summed E-state index contributed by atoms with van der Waals surface area (Å²) < 4.78 is 0. The number of hydrogen-bond acceptors (Lipinski definition) is 1. The summed E-state index contributed by atoms with van der Waals surface area (Å²) >= 11 is 0. The molecule has 1 nitrogen and oxygen atoms in total. The quantitative estimate of drug-likeness (QED) is 0.163. The fraction of sp³-hybridized carbons (Fsp3) is 0.368. The number of anilines is 3. The van der Waals surface area contributed by atoms with Crippen molar-refractivity contribution in [3.05, 3.63) is 160 Å². The SMILES string of the molecule is CC(C)(C)c1cc(-c2ccc(-c3ccc(N(c4ccc(C5CCCCC5)cc4)c4ccc5c(c4)C(C)(C)c4ccccc4-5)cc3)c3c2CCCC3)cc(C(C)(C)C)c1. The second-order valence-electron chi connectivity index (χ2n) is 20.3. The van der Waals surface area contributed by atoms with Gasteiger partial charge in [-0.3, -0.25) is 0 Å². The van der Waals surface area contributed by atoms with Crippen LogP contribution in [0.3, 0.4) is 0 Å². The zero-order valence-corrected chi connectivity index (χ0v) is 36.4. The third-order valence-electron chi connectivity index (χ3n) is 14.0. The van der Waals surface area contributed by atoms with Crippen LogP contribution in [0.4, 0.5) is 17.1 Å². The van der Waals surface area contributed by atoms with Gasteiger partial charge in [-0.25, -0.2) is 0 Å². The van der Waals surface area contributed by atoms with Crippen LogP contribution >= 0.6 is 0 Å². The monoisotopic (exact) mass is 761 g/mol. The van der Waals surface area contributed by atoms with Gasteiger partial charge in [0.15, 0.2) is 0 Å². The molecule has 6 aromatic carbocycles. The predicted molar refractivity (Wildman–Crippen MR) is 249 cm³/mol. The summed E-state index contributed by atoms with van der Waals surface area (Å²) in [7, 11) is 0. The minimum atomic E-state index is -0.0596. The van der Waals surface area contributed by atoms with Crippen molar-refractivity contribution in [1.82, 2.24) is 0 Å². The van der Waals surface area contributed by atoms with Crippen molar-refractivity contribution in [1.29, 1.82) is 0 Å². The first-order valence-electron chi connectivity index (χ1n) is 22.3. The molecule has 0 aromatic heterocycles. The Bertz CT molecular complexity index is 2420. The van der Waals surface area contributed by atoms with Gasteiger partial charge in [0.05, 0.1) is 0 Å². The van der Waals surface area contributed by atoms with Gasteiger partial charge < -0.3 is 4.90 Å². The molecule has 0 atom stereocenters. The molecule has 0 saturated heterocycles. The number of benzene rings is 6. The Morgan fingerprint density at radius 1 is 0.466 bits per heavy atom. The van der Waals surface area contributed by atoms with Crippen LogP contribution in [0.5, 0.6) is 0 Å². The Morgan fingerprint density at radius 3 is 1.59 bits per heavy atom. The van der Waals surface area contributed by atoms with Crippen molar-refractivity contribution in [2.24, 2.45) is 0 Å². The molecule has 6 aromatic rings. The fourth-order valence-corrected chi connectivity index (χ4v) is 10.5. The van der Waals surface area contributed by atoms with Gasteiger partial charge >= 0.3 is 0 Å². The van der Waals surface area contributed by atoms with E-state index in [1.54, 1.807) is 11.1 Å². The van der Waals surface area contributed by atoms with Crippen LogP contribution in [0.1, 0.15) is 145 Å². The van der Waals surface area contributed by atoms with Gasteiger partial charge in [-0.1, -0.05) is 160 Å². The zero-order chi connectivity index (χ0) is 40.4. The Labute approximate surface area is 349 Å². The summed E-state index contributed by atoms with van der Waals surface area (Å²) in [4.78, 5) is 2.49. The van der Waals surface area contributed by atoms with Gasteiger partial charge in [-0.2, -0.15) is 0 Å². The molecule has 9 rings (SSSR count). The molecule has 3 aliphatic rings. The largest absolute Gasteiger partial charge is 0.310 e. The second-order valence-corrected chi connectivity index (χ2v) is 20.3. The number of fused-ring (bicyclic) bond motifs is 4. The van der Waals surface area contributed by atoms with Gasteiger partial charge in [0.1, 0.15) is 0 Å². The van der Waals surface area contributed by atoms with E-state index in [4.69, 9.17) is 0 Å². The lowest BCUT2D eigenvalue weighted by molar-refractivity contribution is 0.443. The highest BCUT2D eigenvalue weighted by Crippen LogP contribution is 2.51. The number of nitrogens with zero attached hydrogens (tertiary/aromatic N) is 1. The van der Waals surface area contributed by atoms with E-state index in [0.717, 1.165) is 12.8 Å². The molecule has 1 saturated carbocycles. The van der Waals surface area contributed by atoms with E-state index in [1.165, 1.54) is 123 Å². The molecule has 0 unspecified atom stereocenters. The molecule has 1 fully saturated rings. The summed E-state index contributed by atoms with van der Waals surface area (Å²) in [6, 6.07) is 47.5. The first-order valence-corrected chi connectivity index (χ1v) is 22.3. The van der Waals surface area contributed by atoms with E-state index < -0.39 is 0 Å². The minimum Gasteiger partial charge on any atom is -0.310 e. The van der Waals surface area contributed by atoms with Gasteiger partial charge in [0, 0.05) is 22.5 Å². The Kier molecular flexibility index (Phi) is 9.82. The number of hydrogen-bond donors (Lipinski definition) is 0. The molecule has 0 heterocycles. The summed E-state index contributed by atoms with van der Waals surface area (Å²) in [6.07, 6.45) is 11.5. The smallest absolute Gasteiger partial charge is 0.0465 e. The summed E-state index contributed by atoms with van der Waals surface area (Å²) in [6.45, 7) is 18.8. The highest BCUT2D eigenvalue weighted by atomic mass is 15.1. The lowest BCUT2D eigenvalue weighted by Crippen LogP contribution is -2.17. The molecule has 58 heavy (non-hydrogen) atoms. The van der Waals surface area contributed by atoms with E-state index in [-0.39, 0.29) is 16.2 Å². The van der Waals surface area contributed by atoms with Crippen molar-refractivity contribution in [2.45, 2.75) is 135 Å². The Morgan fingerprint density at radius 2 is 0.983 bits per heavy atom. The Hall–Kier alpha value is -4.88. The molecule has 0 spiro atoms. The highest BCUT2D eigenvalue weighted by Gasteiger charge is 2.36. The first-order chi connectivity index (χ1) is 27.8. The Balaban J connectivity index is 1.11. The first kappa shape index (κ1) is 38.6. The molecular formula is C57H63N. The molecular weight excluding hydrogens is 699 g/mol. The maximum atomic E-state index is 2.49. The third kappa shape index (κ3) is 7.03. The highest BCUT2D eigenvalue weighted by molar-refractivity contribution is 5.86. The minimum absolute atomic E-state index is 0.0596. The van der Waals surface area contributed by atoms with E-state index in [1.807, 2.05) is 0 Å². The van der Waals surface area contributed by atoms with Crippen LogP contribution in [-0.4, -0.2) is 0 Å². The van der Waals surface area contributed by atoms with E-state index in [9.17, 15) is 0 Å². The van der Waals surface area contributed by atoms with Crippen molar-refractivity contribution in [3.8, 4) is 33.4 Å². The normalized spacial score (nSPS) is 16.4. The molecule has 296 valence electrons. The molecule has 0 aliphatic heterocycles. The molecule has 1 heteroatoms. The van der Waals surface area contributed by atoms with Crippen LogP contribution in [0.2, 0.25) is 0 Å². The molecule has 0 amide bonds. The maximum absolute atomic E-state index is 2.49. The van der Waals surface area contributed by atoms with Gasteiger partial charge in [-0.05, 0) is 164 Å². The second kappa shape index (κ2) is 14.7. The topological polar surface area (TPSA) is 3.24 Å². The van der Waals surface area contributed by atoms with Gasteiger partial charge in [0.2, 0.25) is 0 Å². The zero-order valence-electron chi connectivity index (χ0n) is 36.4. The van der Waals surface area contributed by atoms with Gasteiger partial charge in [-0.15, -0.1) is 0 Å². The average molecular weight is 762 g/mol. The lowest BCUT2D eigenvalue weighted by atomic mass is 9.77. The number of rotatable bonds is 6. The van der Waals surface area contributed by atoms with E-state index >= 15 is 0 Å². The van der Waals surface area contributed by atoms with E-state index in [0.29, 0.717) is 5.92 Å².